The van der Waals surface area contributed by atoms with E-state index in [1.807, 2.05) is 24.3 Å². The molecule has 1 heterocycles. The van der Waals surface area contributed by atoms with Crippen LogP contribution in [0.1, 0.15) is 0 Å². The van der Waals surface area contributed by atoms with Crippen molar-refractivity contribution >= 4 is 33.6 Å². The highest BCUT2D eigenvalue weighted by atomic mass is 127. The average Bonchev–Trinajstić information content (AvgIpc) is 2.62. The van der Waals surface area contributed by atoms with E-state index < -0.39 is 0 Å². The second-order valence-corrected chi connectivity index (χ2v) is 6.08. The van der Waals surface area contributed by atoms with Crippen molar-refractivity contribution in [3.05, 3.63) is 50.2 Å². The van der Waals surface area contributed by atoms with E-state index in [-0.39, 0.29) is 5.43 Å². The molecule has 0 saturated carbocycles. The summed E-state index contributed by atoms with van der Waals surface area (Å²) in [5.41, 5.74) is 1.07. The first kappa shape index (κ1) is 16.6. The Morgan fingerprint density at radius 3 is 2.17 bits per heavy atom. The largest absolute Gasteiger partial charge is 0.497 e. The van der Waals surface area contributed by atoms with Crippen LogP contribution in [0.15, 0.2) is 45.6 Å². The fourth-order valence-electron chi connectivity index (χ4n) is 2.46. The van der Waals surface area contributed by atoms with E-state index >= 15 is 0 Å². The molecule has 0 spiro atoms. The third-order valence-electron chi connectivity index (χ3n) is 3.69. The summed E-state index contributed by atoms with van der Waals surface area (Å²) < 4.78 is 22.5. The summed E-state index contributed by atoms with van der Waals surface area (Å²) in [6.07, 6.45) is 0. The number of methoxy groups -OCH3 is 3. The first-order valence-electron chi connectivity index (χ1n) is 7.11. The van der Waals surface area contributed by atoms with E-state index in [0.29, 0.717) is 28.2 Å². The lowest BCUT2D eigenvalue weighted by Crippen LogP contribution is -2.05. The van der Waals surface area contributed by atoms with Crippen LogP contribution in [-0.4, -0.2) is 21.3 Å². The summed E-state index contributed by atoms with van der Waals surface area (Å²) in [7, 11) is 4.68. The molecule has 0 atom stereocenters. The van der Waals surface area contributed by atoms with Gasteiger partial charge in [-0.05, 0) is 46.9 Å². The van der Waals surface area contributed by atoms with Crippen molar-refractivity contribution in [1.82, 2.24) is 0 Å². The highest BCUT2D eigenvalue weighted by Gasteiger charge is 2.18. The van der Waals surface area contributed by atoms with Gasteiger partial charge in [-0.2, -0.15) is 0 Å². The molecule has 0 N–H and O–H groups in total. The maximum Gasteiger partial charge on any atom is 0.197 e. The molecule has 0 saturated heterocycles. The third kappa shape index (κ3) is 2.82. The fourth-order valence-corrected chi connectivity index (χ4v) is 3.21. The van der Waals surface area contributed by atoms with Crippen LogP contribution in [0.4, 0.5) is 0 Å². The lowest BCUT2D eigenvalue weighted by Gasteiger charge is -2.11. The SMILES string of the molecule is COc1ccc(-c2cc(=O)c3c(OC)cc(OC)c(I)c3o2)cc1. The van der Waals surface area contributed by atoms with Crippen LogP contribution < -0.4 is 19.6 Å². The van der Waals surface area contributed by atoms with Gasteiger partial charge in [-0.3, -0.25) is 4.79 Å². The highest BCUT2D eigenvalue weighted by Crippen LogP contribution is 2.36. The summed E-state index contributed by atoms with van der Waals surface area (Å²) in [5, 5.41) is 0.403. The first-order valence-corrected chi connectivity index (χ1v) is 8.19. The molecule has 3 aromatic rings. The predicted octanol–water partition coefficient (Wildman–Crippen LogP) is 4.09. The van der Waals surface area contributed by atoms with Gasteiger partial charge in [0.05, 0.1) is 24.9 Å². The summed E-state index contributed by atoms with van der Waals surface area (Å²) in [6, 6.07) is 10.5. The van der Waals surface area contributed by atoms with Gasteiger partial charge >= 0.3 is 0 Å². The van der Waals surface area contributed by atoms with Crippen molar-refractivity contribution in [3.63, 3.8) is 0 Å². The first-order chi connectivity index (χ1) is 11.6. The molecule has 0 aliphatic heterocycles. The number of fused-ring (bicyclic) bond motifs is 1. The molecule has 24 heavy (non-hydrogen) atoms. The molecule has 0 fully saturated rings. The van der Waals surface area contributed by atoms with Crippen molar-refractivity contribution in [2.45, 2.75) is 0 Å². The summed E-state index contributed by atoms with van der Waals surface area (Å²) >= 11 is 2.10. The van der Waals surface area contributed by atoms with Gasteiger partial charge in [0.1, 0.15) is 28.4 Å². The summed E-state index contributed by atoms with van der Waals surface area (Å²) in [4.78, 5) is 12.6. The predicted molar refractivity (Wildman–Crippen MR) is 100 cm³/mol. The van der Waals surface area contributed by atoms with Crippen molar-refractivity contribution in [3.8, 4) is 28.6 Å². The Morgan fingerprint density at radius 2 is 1.58 bits per heavy atom. The minimum absolute atomic E-state index is 0.167. The summed E-state index contributed by atoms with van der Waals surface area (Å²) in [5.74, 6) is 2.23. The highest BCUT2D eigenvalue weighted by molar-refractivity contribution is 14.1. The van der Waals surface area contributed by atoms with Gasteiger partial charge in [-0.25, -0.2) is 0 Å². The number of ether oxygens (including phenoxy) is 3. The van der Waals surface area contributed by atoms with Gasteiger partial charge in [0.25, 0.3) is 0 Å². The zero-order chi connectivity index (χ0) is 17.3. The molecule has 1 aromatic heterocycles. The molecule has 0 radical (unpaired) electrons. The second kappa shape index (κ2) is 6.72. The fraction of sp³-hybridized carbons (Fsp3) is 0.167. The molecule has 6 heteroatoms. The molecule has 5 nitrogen and oxygen atoms in total. The monoisotopic (exact) mass is 438 g/mol. The van der Waals surface area contributed by atoms with Crippen molar-refractivity contribution in [2.24, 2.45) is 0 Å². The lowest BCUT2D eigenvalue weighted by molar-refractivity contribution is 0.394. The zero-order valence-electron chi connectivity index (χ0n) is 13.4. The van der Waals surface area contributed by atoms with Crippen molar-refractivity contribution in [1.29, 1.82) is 0 Å². The standard InChI is InChI=1S/C18H15IO5/c1-21-11-6-4-10(5-7-11)13-8-12(20)16-14(22-2)9-15(23-3)17(19)18(16)24-13/h4-9H,1-3H3. The normalized spacial score (nSPS) is 10.7. The second-order valence-electron chi connectivity index (χ2n) is 5.00. The number of hydrogen-bond acceptors (Lipinski definition) is 5. The Balaban J connectivity index is 2.28. The molecular weight excluding hydrogens is 423 g/mol. The van der Waals surface area contributed by atoms with Crippen LogP contribution in [0.25, 0.3) is 22.3 Å². The van der Waals surface area contributed by atoms with Crippen LogP contribution in [0.5, 0.6) is 17.2 Å². The van der Waals surface area contributed by atoms with Gasteiger partial charge in [0.2, 0.25) is 0 Å². The molecule has 0 unspecified atom stereocenters. The van der Waals surface area contributed by atoms with Gasteiger partial charge in [-0.15, -0.1) is 0 Å². The quantitative estimate of drug-likeness (QED) is 0.575. The Bertz CT molecular complexity index is 944. The molecule has 0 amide bonds. The van der Waals surface area contributed by atoms with E-state index in [9.17, 15) is 4.79 Å². The van der Waals surface area contributed by atoms with Gasteiger partial charge in [0.15, 0.2) is 11.0 Å². The number of benzene rings is 2. The molecule has 0 aliphatic carbocycles. The Kier molecular flexibility index (Phi) is 4.66. The maximum atomic E-state index is 12.6. The van der Waals surface area contributed by atoms with E-state index in [4.69, 9.17) is 18.6 Å². The van der Waals surface area contributed by atoms with E-state index in [1.54, 1.807) is 20.3 Å². The maximum absolute atomic E-state index is 12.6. The molecule has 124 valence electrons. The van der Waals surface area contributed by atoms with Crippen LogP contribution >= 0.6 is 22.6 Å². The van der Waals surface area contributed by atoms with Crippen molar-refractivity contribution in [2.75, 3.05) is 21.3 Å². The number of hydrogen-bond donors (Lipinski definition) is 0. The lowest BCUT2D eigenvalue weighted by atomic mass is 10.1. The smallest absolute Gasteiger partial charge is 0.197 e. The van der Waals surface area contributed by atoms with Crippen LogP contribution in [0.2, 0.25) is 0 Å². The van der Waals surface area contributed by atoms with E-state index in [2.05, 4.69) is 22.6 Å². The molecule has 2 aromatic carbocycles. The summed E-state index contributed by atoms with van der Waals surface area (Å²) in [6.45, 7) is 0. The Morgan fingerprint density at radius 1 is 0.917 bits per heavy atom. The van der Waals surface area contributed by atoms with Gasteiger partial charge in [-0.1, -0.05) is 0 Å². The third-order valence-corrected chi connectivity index (χ3v) is 4.71. The average molecular weight is 438 g/mol. The van der Waals surface area contributed by atoms with Crippen LogP contribution in [0.3, 0.4) is 0 Å². The van der Waals surface area contributed by atoms with Crippen LogP contribution in [0, 0.1) is 3.57 Å². The molecule has 3 rings (SSSR count). The zero-order valence-corrected chi connectivity index (χ0v) is 15.5. The molecular formula is C18H15IO5. The van der Waals surface area contributed by atoms with Gasteiger partial charge in [0, 0.05) is 17.7 Å². The minimum Gasteiger partial charge on any atom is -0.497 e. The molecule has 0 aliphatic rings. The minimum atomic E-state index is -0.167. The Hall–Kier alpha value is -2.22. The van der Waals surface area contributed by atoms with Crippen molar-refractivity contribution < 1.29 is 18.6 Å². The van der Waals surface area contributed by atoms with Crippen LogP contribution in [-0.2, 0) is 0 Å². The van der Waals surface area contributed by atoms with Gasteiger partial charge < -0.3 is 18.6 Å². The van der Waals surface area contributed by atoms with E-state index in [1.165, 1.54) is 13.2 Å². The number of halogens is 1. The topological polar surface area (TPSA) is 57.9 Å². The number of rotatable bonds is 4. The van der Waals surface area contributed by atoms with E-state index in [0.717, 1.165) is 14.9 Å². The Labute approximate surface area is 152 Å². The molecule has 0 bridgehead atoms.